The molecule has 1 aliphatic heterocycles. The van der Waals surface area contributed by atoms with Gasteiger partial charge in [0, 0.05) is 24.7 Å². The number of fused-ring (bicyclic) bond motifs is 3. The van der Waals surface area contributed by atoms with Gasteiger partial charge in [-0.1, -0.05) is 6.92 Å². The molecule has 0 spiro atoms. The van der Waals surface area contributed by atoms with Crippen molar-refractivity contribution in [2.45, 2.75) is 25.8 Å². The molecule has 8 heteroatoms. The van der Waals surface area contributed by atoms with Gasteiger partial charge in [-0.05, 0) is 18.4 Å². The molecule has 0 unspecified atom stereocenters. The van der Waals surface area contributed by atoms with Crippen molar-refractivity contribution < 1.29 is 4.79 Å². The fraction of sp³-hybridized carbons (Fsp3) is 0.412. The highest BCUT2D eigenvalue weighted by Crippen LogP contribution is 2.31. The first-order valence-electron chi connectivity index (χ1n) is 8.31. The molecule has 1 amide bonds. The van der Waals surface area contributed by atoms with Gasteiger partial charge in [0.05, 0.1) is 29.3 Å². The number of nitrogens with zero attached hydrogens (tertiary/aromatic N) is 4. The molecule has 0 radical (unpaired) electrons. The summed E-state index contributed by atoms with van der Waals surface area (Å²) in [5.74, 6) is 0.0609. The third-order valence-electron chi connectivity index (χ3n) is 5.09. The van der Waals surface area contributed by atoms with Crippen molar-refractivity contribution >= 4 is 28.0 Å². The van der Waals surface area contributed by atoms with E-state index in [1.807, 2.05) is 12.1 Å². The van der Waals surface area contributed by atoms with Crippen LogP contribution in [0, 0.1) is 17.2 Å². The second-order valence-corrected chi connectivity index (χ2v) is 6.57. The Bertz CT molecular complexity index is 1050. The molecule has 0 aliphatic carbocycles. The first-order valence-corrected chi connectivity index (χ1v) is 8.31. The molecule has 128 valence electrons. The van der Waals surface area contributed by atoms with Crippen molar-refractivity contribution in [1.29, 1.82) is 5.26 Å². The molecule has 2 atom stereocenters. The standard InChI is InChI=1S/C17H18N6O2/c1-10-4-7-22(14(24)2-5-18)9-13(10)23-15-11-3-6-19-16(11)20-8-12(15)21-17(23)25/h3,6,8,10,13H,2,4,7,9H2,1H3,(H,19,20)(H,21,25)/t10-,13+/m0/s1. The SMILES string of the molecule is C[C@H]1CCN(C(=O)CC#N)C[C@H]1n1c(=O)[nH]c2cnc3[nH]ccc3c21. The van der Waals surface area contributed by atoms with Crippen LogP contribution in [0.3, 0.4) is 0 Å². The summed E-state index contributed by atoms with van der Waals surface area (Å²) in [4.78, 5) is 36.7. The summed E-state index contributed by atoms with van der Waals surface area (Å²) in [6.07, 6.45) is 4.11. The van der Waals surface area contributed by atoms with Crippen molar-refractivity contribution in [3.8, 4) is 6.07 Å². The van der Waals surface area contributed by atoms with Gasteiger partial charge < -0.3 is 14.9 Å². The number of H-pyrrole nitrogens is 2. The van der Waals surface area contributed by atoms with Crippen molar-refractivity contribution in [1.82, 2.24) is 24.4 Å². The average molecular weight is 338 g/mol. The Balaban J connectivity index is 1.84. The van der Waals surface area contributed by atoms with Gasteiger partial charge >= 0.3 is 5.69 Å². The summed E-state index contributed by atoms with van der Waals surface area (Å²) in [7, 11) is 0. The lowest BCUT2D eigenvalue weighted by Gasteiger charge is -2.37. The Kier molecular flexibility index (Phi) is 3.57. The minimum absolute atomic E-state index is 0.129. The number of carbonyl (C=O) groups excluding carboxylic acids is 1. The van der Waals surface area contributed by atoms with Gasteiger partial charge in [-0.2, -0.15) is 5.26 Å². The van der Waals surface area contributed by atoms with Gasteiger partial charge in [-0.25, -0.2) is 9.78 Å². The van der Waals surface area contributed by atoms with Gasteiger partial charge in [0.2, 0.25) is 5.91 Å². The van der Waals surface area contributed by atoms with Gasteiger partial charge in [-0.15, -0.1) is 0 Å². The van der Waals surface area contributed by atoms with Gasteiger partial charge in [0.15, 0.2) is 0 Å². The summed E-state index contributed by atoms with van der Waals surface area (Å²) in [5.41, 5.74) is 2.02. The van der Waals surface area contributed by atoms with Crippen LogP contribution in [0.15, 0.2) is 23.3 Å². The summed E-state index contributed by atoms with van der Waals surface area (Å²) < 4.78 is 1.75. The number of carbonyl (C=O) groups is 1. The van der Waals surface area contributed by atoms with Crippen LogP contribution < -0.4 is 5.69 Å². The van der Waals surface area contributed by atoms with Crippen molar-refractivity contribution in [3.63, 3.8) is 0 Å². The average Bonchev–Trinajstić information content (AvgIpc) is 3.18. The van der Waals surface area contributed by atoms with Crippen molar-refractivity contribution in [2.75, 3.05) is 13.1 Å². The van der Waals surface area contributed by atoms with E-state index in [1.165, 1.54) is 0 Å². The summed E-state index contributed by atoms with van der Waals surface area (Å²) >= 11 is 0. The monoisotopic (exact) mass is 338 g/mol. The highest BCUT2D eigenvalue weighted by Gasteiger charge is 2.32. The van der Waals surface area contributed by atoms with E-state index in [9.17, 15) is 9.59 Å². The molecule has 4 rings (SSSR count). The molecule has 8 nitrogen and oxygen atoms in total. The van der Waals surface area contributed by atoms with Crippen molar-refractivity contribution in [3.05, 3.63) is 28.9 Å². The maximum absolute atomic E-state index is 12.7. The number of hydrogen-bond acceptors (Lipinski definition) is 4. The minimum atomic E-state index is -0.197. The first kappa shape index (κ1) is 15.4. The van der Waals surface area contributed by atoms with Crippen LogP contribution in [0.1, 0.15) is 25.8 Å². The third-order valence-corrected chi connectivity index (χ3v) is 5.09. The normalized spacial score (nSPS) is 20.9. The first-order chi connectivity index (χ1) is 12.1. The molecule has 1 saturated heterocycles. The lowest BCUT2D eigenvalue weighted by Crippen LogP contribution is -2.45. The number of piperidine rings is 1. The predicted octanol–water partition coefficient (Wildman–Crippen LogP) is 1.53. The van der Waals surface area contributed by atoms with Crippen LogP contribution in [-0.2, 0) is 4.79 Å². The van der Waals surface area contributed by atoms with Crippen LogP contribution in [0.5, 0.6) is 0 Å². The zero-order valence-corrected chi connectivity index (χ0v) is 13.8. The predicted molar refractivity (Wildman–Crippen MR) is 91.8 cm³/mol. The molecule has 0 bridgehead atoms. The molecule has 1 fully saturated rings. The molecule has 4 heterocycles. The molecule has 0 aromatic carbocycles. The number of nitrogens with one attached hydrogen (secondary N) is 2. The topological polar surface area (TPSA) is 111 Å². The Morgan fingerprint density at radius 1 is 1.52 bits per heavy atom. The lowest BCUT2D eigenvalue weighted by molar-refractivity contribution is -0.132. The molecule has 1 aliphatic rings. The Hall–Kier alpha value is -3.08. The second kappa shape index (κ2) is 5.77. The number of amides is 1. The molecule has 2 N–H and O–H groups in total. The zero-order valence-electron chi connectivity index (χ0n) is 13.8. The van der Waals surface area contributed by atoms with Gasteiger partial charge in [-0.3, -0.25) is 9.36 Å². The zero-order chi connectivity index (χ0) is 17.6. The van der Waals surface area contributed by atoms with Crippen LogP contribution >= 0.6 is 0 Å². The highest BCUT2D eigenvalue weighted by molar-refractivity contribution is 6.01. The smallest absolute Gasteiger partial charge is 0.326 e. The van der Waals surface area contributed by atoms with E-state index in [-0.39, 0.29) is 30.0 Å². The molecular formula is C17H18N6O2. The van der Waals surface area contributed by atoms with E-state index >= 15 is 0 Å². The van der Waals surface area contributed by atoms with Crippen LogP contribution in [-0.4, -0.2) is 43.4 Å². The quantitative estimate of drug-likeness (QED) is 0.738. The molecule has 3 aromatic rings. The van der Waals surface area contributed by atoms with Crippen LogP contribution in [0.4, 0.5) is 0 Å². The number of pyridine rings is 1. The summed E-state index contributed by atoms with van der Waals surface area (Å²) in [6.45, 7) is 3.15. The number of hydrogen-bond donors (Lipinski definition) is 2. The number of likely N-dealkylation sites (tertiary alicyclic amines) is 1. The van der Waals surface area contributed by atoms with Crippen LogP contribution in [0.25, 0.3) is 22.1 Å². The lowest BCUT2D eigenvalue weighted by atomic mass is 9.92. The minimum Gasteiger partial charge on any atom is -0.346 e. The van der Waals surface area contributed by atoms with E-state index in [1.54, 1.807) is 21.9 Å². The van der Waals surface area contributed by atoms with E-state index in [2.05, 4.69) is 21.9 Å². The number of imidazole rings is 1. The largest absolute Gasteiger partial charge is 0.346 e. The molecule has 3 aromatic heterocycles. The number of rotatable bonds is 2. The van der Waals surface area contributed by atoms with Gasteiger partial charge in [0.25, 0.3) is 0 Å². The Morgan fingerprint density at radius 2 is 2.36 bits per heavy atom. The third kappa shape index (κ3) is 2.39. The van der Waals surface area contributed by atoms with E-state index in [4.69, 9.17) is 5.26 Å². The Labute approximate surface area is 143 Å². The molecule has 0 saturated carbocycles. The summed E-state index contributed by atoms with van der Waals surface area (Å²) in [6, 6.07) is 3.67. The fourth-order valence-corrected chi connectivity index (χ4v) is 3.73. The second-order valence-electron chi connectivity index (χ2n) is 6.57. The number of aromatic amines is 2. The maximum atomic E-state index is 12.7. The summed E-state index contributed by atoms with van der Waals surface area (Å²) in [5, 5.41) is 9.66. The number of nitriles is 1. The Morgan fingerprint density at radius 3 is 3.16 bits per heavy atom. The maximum Gasteiger partial charge on any atom is 0.326 e. The van der Waals surface area contributed by atoms with Crippen molar-refractivity contribution in [2.24, 2.45) is 5.92 Å². The van der Waals surface area contributed by atoms with E-state index in [0.29, 0.717) is 18.6 Å². The molecular weight excluding hydrogens is 320 g/mol. The number of aromatic nitrogens is 4. The van der Waals surface area contributed by atoms with E-state index in [0.717, 1.165) is 23.0 Å². The van der Waals surface area contributed by atoms with Gasteiger partial charge in [0.1, 0.15) is 12.1 Å². The van der Waals surface area contributed by atoms with Crippen LogP contribution in [0.2, 0.25) is 0 Å². The van der Waals surface area contributed by atoms with E-state index < -0.39 is 0 Å². The highest BCUT2D eigenvalue weighted by atomic mass is 16.2. The fourth-order valence-electron chi connectivity index (χ4n) is 3.73. The molecule has 25 heavy (non-hydrogen) atoms.